The fourth-order valence-corrected chi connectivity index (χ4v) is 3.06. The zero-order valence-corrected chi connectivity index (χ0v) is 14.4. The first-order chi connectivity index (χ1) is 10.2. The molecular weight excluding hydrogens is 268 g/mol. The second-order valence-electron chi connectivity index (χ2n) is 6.10. The second-order valence-corrected chi connectivity index (χ2v) is 6.10. The van der Waals surface area contributed by atoms with Crippen LogP contribution < -0.4 is 0 Å². The molecule has 0 unspecified atom stereocenters. The van der Waals surface area contributed by atoms with Crippen molar-refractivity contribution in [3.63, 3.8) is 0 Å². The van der Waals surface area contributed by atoms with Gasteiger partial charge in [0.05, 0.1) is 6.61 Å². The van der Waals surface area contributed by atoms with E-state index in [0.717, 1.165) is 12.8 Å². The lowest BCUT2D eigenvalue weighted by molar-refractivity contribution is -0.623. The highest BCUT2D eigenvalue weighted by Gasteiger charge is 2.22. The first kappa shape index (κ1) is 20.8. The Morgan fingerprint density at radius 2 is 1.19 bits per heavy atom. The van der Waals surface area contributed by atoms with Crippen LogP contribution in [0.4, 0.5) is 0 Å². The van der Waals surface area contributed by atoms with Gasteiger partial charge >= 0.3 is 0 Å². The Kier molecular flexibility index (Phi) is 14.7. The highest BCUT2D eigenvalue weighted by atomic mass is 17.6. The zero-order chi connectivity index (χ0) is 15.8. The van der Waals surface area contributed by atoms with Gasteiger partial charge in [0.25, 0.3) is 0 Å². The van der Waals surface area contributed by atoms with E-state index >= 15 is 0 Å². The largest absolute Gasteiger partial charge is 0.219 e. The molecule has 0 saturated heterocycles. The molecule has 0 aliphatic carbocycles. The van der Waals surface area contributed by atoms with Gasteiger partial charge in [0.1, 0.15) is 0 Å². The lowest BCUT2D eigenvalue weighted by atomic mass is 9.75. The summed E-state index contributed by atoms with van der Waals surface area (Å²) in [5, 5.41) is 15.1. The minimum absolute atomic E-state index is 0.466. The van der Waals surface area contributed by atoms with Crippen molar-refractivity contribution in [1.82, 2.24) is 0 Å². The van der Waals surface area contributed by atoms with E-state index in [9.17, 15) is 0 Å². The van der Waals surface area contributed by atoms with Gasteiger partial charge in [-0.15, -0.1) is 0 Å². The maximum absolute atomic E-state index is 7.86. The average Bonchev–Trinajstić information content (AvgIpc) is 2.53. The predicted octanol–water partition coefficient (Wildman–Crippen LogP) is 6.07. The van der Waals surface area contributed by atoms with Gasteiger partial charge in [0.15, 0.2) is 0 Å². The van der Waals surface area contributed by atoms with Gasteiger partial charge in [-0.25, -0.2) is 10.1 Å². The Morgan fingerprint density at radius 1 is 0.714 bits per heavy atom. The van der Waals surface area contributed by atoms with E-state index in [4.69, 9.17) is 5.26 Å². The van der Waals surface area contributed by atoms with Gasteiger partial charge in [-0.1, -0.05) is 85.0 Å². The Balaban J connectivity index is 3.29. The summed E-state index contributed by atoms with van der Waals surface area (Å²) in [6.07, 6.45) is 15.5. The van der Waals surface area contributed by atoms with Crippen molar-refractivity contribution >= 4 is 0 Å². The smallest absolute Gasteiger partial charge is 0.0854 e. The van der Waals surface area contributed by atoms with Crippen molar-refractivity contribution in [2.75, 3.05) is 6.61 Å². The minimum atomic E-state index is 0.466. The third kappa shape index (κ3) is 11.1. The topological polar surface area (TPSA) is 47.9 Å². The van der Waals surface area contributed by atoms with Crippen molar-refractivity contribution in [2.24, 2.45) is 5.41 Å². The molecule has 0 spiro atoms. The van der Waals surface area contributed by atoms with Crippen molar-refractivity contribution in [3.8, 4) is 0 Å². The van der Waals surface area contributed by atoms with Crippen molar-refractivity contribution in [2.45, 2.75) is 97.8 Å². The summed E-state index contributed by atoms with van der Waals surface area (Å²) in [5.41, 5.74) is 0.611. The lowest BCUT2D eigenvalue weighted by Crippen LogP contribution is -2.17. The average molecular weight is 304 g/mol. The van der Waals surface area contributed by atoms with E-state index < -0.39 is 0 Å². The van der Waals surface area contributed by atoms with Crippen LogP contribution in [-0.4, -0.2) is 11.9 Å². The molecule has 0 radical (unpaired) electrons. The first-order valence-electron chi connectivity index (χ1n) is 8.84. The third-order valence-corrected chi connectivity index (χ3v) is 5.01. The monoisotopic (exact) mass is 304 g/mol. The molecule has 0 fully saturated rings. The van der Waals surface area contributed by atoms with Crippen LogP contribution in [0.15, 0.2) is 0 Å². The van der Waals surface area contributed by atoms with Crippen LogP contribution in [0.1, 0.15) is 97.8 Å². The van der Waals surface area contributed by atoms with Gasteiger partial charge in [0.2, 0.25) is 0 Å². The molecule has 0 aliphatic heterocycles. The standard InChI is InChI=1S/C17H36O4/c1-4-17(5-2,6-3)15-13-11-9-7-8-10-12-14-16-19-21-20-18/h18H,4-16H2,1-3H3. The van der Waals surface area contributed by atoms with Gasteiger partial charge in [-0.2, -0.15) is 0 Å². The van der Waals surface area contributed by atoms with Crippen LogP contribution in [-0.2, 0) is 15.0 Å². The summed E-state index contributed by atoms with van der Waals surface area (Å²) < 4.78 is 0. The maximum atomic E-state index is 7.86. The van der Waals surface area contributed by atoms with E-state index in [2.05, 4.69) is 35.7 Å². The van der Waals surface area contributed by atoms with Crippen molar-refractivity contribution in [3.05, 3.63) is 0 Å². The summed E-state index contributed by atoms with van der Waals surface area (Å²) in [7, 11) is 0. The molecule has 128 valence electrons. The van der Waals surface area contributed by atoms with E-state index in [1.807, 2.05) is 0 Å². The summed E-state index contributed by atoms with van der Waals surface area (Å²) in [4.78, 5) is 4.53. The third-order valence-electron chi connectivity index (χ3n) is 5.01. The zero-order valence-electron chi connectivity index (χ0n) is 14.4. The molecule has 0 atom stereocenters. The Hall–Kier alpha value is -0.160. The molecule has 0 aromatic carbocycles. The van der Waals surface area contributed by atoms with Crippen LogP contribution in [0, 0.1) is 5.41 Å². The van der Waals surface area contributed by atoms with Crippen LogP contribution in [0.2, 0.25) is 0 Å². The Labute approximate surface area is 131 Å². The number of hydrogen-bond donors (Lipinski definition) is 1. The molecule has 0 rings (SSSR count). The van der Waals surface area contributed by atoms with Crippen LogP contribution in [0.5, 0.6) is 0 Å². The molecule has 0 heterocycles. The van der Waals surface area contributed by atoms with E-state index in [0.29, 0.717) is 12.0 Å². The molecule has 21 heavy (non-hydrogen) atoms. The summed E-state index contributed by atoms with van der Waals surface area (Å²) >= 11 is 0. The predicted molar refractivity (Wildman–Crippen MR) is 85.6 cm³/mol. The van der Waals surface area contributed by atoms with Crippen LogP contribution >= 0.6 is 0 Å². The van der Waals surface area contributed by atoms with Crippen LogP contribution in [0.25, 0.3) is 0 Å². The van der Waals surface area contributed by atoms with E-state index in [-0.39, 0.29) is 0 Å². The fourth-order valence-electron chi connectivity index (χ4n) is 3.06. The summed E-state index contributed by atoms with van der Waals surface area (Å²) in [6, 6.07) is 0. The van der Waals surface area contributed by atoms with E-state index in [1.54, 1.807) is 0 Å². The Bertz CT molecular complexity index is 197. The number of hydrogen-bond acceptors (Lipinski definition) is 4. The van der Waals surface area contributed by atoms with Crippen molar-refractivity contribution in [1.29, 1.82) is 0 Å². The van der Waals surface area contributed by atoms with Crippen LogP contribution in [0.3, 0.4) is 0 Å². The molecule has 0 bridgehead atoms. The summed E-state index contributed by atoms with van der Waals surface area (Å²) in [5.74, 6) is 0. The van der Waals surface area contributed by atoms with Gasteiger partial charge in [0, 0.05) is 0 Å². The fraction of sp³-hybridized carbons (Fsp3) is 1.00. The molecule has 4 nitrogen and oxygen atoms in total. The highest BCUT2D eigenvalue weighted by Crippen LogP contribution is 2.36. The van der Waals surface area contributed by atoms with Crippen molar-refractivity contribution < 1.29 is 20.2 Å². The molecule has 4 heteroatoms. The molecule has 0 aliphatic rings. The molecule has 1 N–H and O–H groups in total. The van der Waals surface area contributed by atoms with Gasteiger partial charge in [-0.3, -0.25) is 0 Å². The lowest BCUT2D eigenvalue weighted by Gasteiger charge is -2.30. The van der Waals surface area contributed by atoms with Gasteiger partial charge in [-0.05, 0) is 28.3 Å². The minimum Gasteiger partial charge on any atom is -0.219 e. The molecule has 0 aromatic rings. The quantitative estimate of drug-likeness (QED) is 0.214. The van der Waals surface area contributed by atoms with E-state index in [1.165, 1.54) is 64.2 Å². The van der Waals surface area contributed by atoms with Gasteiger partial charge < -0.3 is 0 Å². The number of unbranched alkanes of at least 4 members (excludes halogenated alkanes) is 7. The molecular formula is C17H36O4. The summed E-state index contributed by atoms with van der Waals surface area (Å²) in [6.45, 7) is 7.49. The highest BCUT2D eigenvalue weighted by molar-refractivity contribution is 4.74. The molecule has 0 saturated carbocycles. The molecule has 0 amide bonds. The normalized spacial score (nSPS) is 12.0. The maximum Gasteiger partial charge on any atom is 0.0854 e. The number of rotatable bonds is 16. The molecule has 0 aromatic heterocycles. The Morgan fingerprint density at radius 3 is 1.67 bits per heavy atom. The second kappa shape index (κ2) is 14.8. The SMILES string of the molecule is CCC(CC)(CC)CCCCCCCCCCOOOO. The first-order valence-corrected chi connectivity index (χ1v) is 8.84.